The minimum Gasteiger partial charge on any atom is -0.495 e. The third-order valence-electron chi connectivity index (χ3n) is 5.73. The first-order valence-corrected chi connectivity index (χ1v) is 11.8. The number of amides is 1. The monoisotopic (exact) mass is 496 g/mol. The lowest BCUT2D eigenvalue weighted by atomic mass is 10.2. The van der Waals surface area contributed by atoms with E-state index in [1.807, 2.05) is 65.6 Å². The summed E-state index contributed by atoms with van der Waals surface area (Å²) in [6.07, 6.45) is 3.46. The average Bonchev–Trinajstić information content (AvgIpc) is 2.87. The molecule has 34 heavy (non-hydrogen) atoms. The highest BCUT2D eigenvalue weighted by Crippen LogP contribution is 2.28. The molecule has 0 unspecified atom stereocenters. The van der Waals surface area contributed by atoms with Crippen LogP contribution < -0.4 is 14.4 Å². The van der Waals surface area contributed by atoms with E-state index >= 15 is 0 Å². The van der Waals surface area contributed by atoms with E-state index in [-0.39, 0.29) is 5.91 Å². The number of halogens is 2. The van der Waals surface area contributed by atoms with Crippen molar-refractivity contribution in [2.45, 2.75) is 6.61 Å². The van der Waals surface area contributed by atoms with Crippen molar-refractivity contribution in [3.8, 4) is 11.5 Å². The van der Waals surface area contributed by atoms with Gasteiger partial charge in [0, 0.05) is 47.9 Å². The van der Waals surface area contributed by atoms with Crippen LogP contribution in [0.15, 0.2) is 72.8 Å². The Morgan fingerprint density at radius 2 is 1.71 bits per heavy atom. The number of methoxy groups -OCH3 is 1. The zero-order chi connectivity index (χ0) is 23.9. The number of hydrogen-bond donors (Lipinski definition) is 0. The summed E-state index contributed by atoms with van der Waals surface area (Å²) >= 11 is 12.1. The van der Waals surface area contributed by atoms with Crippen LogP contribution in [-0.2, 0) is 11.4 Å². The second-order valence-electron chi connectivity index (χ2n) is 7.91. The van der Waals surface area contributed by atoms with Crippen LogP contribution in [-0.4, -0.2) is 44.1 Å². The highest BCUT2D eigenvalue weighted by Gasteiger charge is 2.21. The Balaban J connectivity index is 1.27. The third-order valence-corrected chi connectivity index (χ3v) is 6.31. The molecule has 0 aliphatic carbocycles. The fourth-order valence-corrected chi connectivity index (χ4v) is 4.27. The molecule has 0 saturated carbocycles. The smallest absolute Gasteiger partial charge is 0.246 e. The van der Waals surface area contributed by atoms with Crippen molar-refractivity contribution in [2.24, 2.45) is 0 Å². The Morgan fingerprint density at radius 3 is 2.41 bits per heavy atom. The van der Waals surface area contributed by atoms with Crippen LogP contribution in [0, 0.1) is 0 Å². The van der Waals surface area contributed by atoms with E-state index in [4.69, 9.17) is 32.7 Å². The minimum atomic E-state index is 0.0115. The standard InChI is InChI=1S/C27H26Cl2N2O3/c1-33-26-5-3-2-4-25(26)30-14-16-31(17-15-30)27(32)13-8-20-6-11-23(12-7-20)34-19-21-9-10-22(28)18-24(21)29/h2-13,18H,14-17,19H2,1H3. The SMILES string of the molecule is COc1ccccc1N1CCN(C(=O)C=Cc2ccc(OCc3ccc(Cl)cc3Cl)cc2)CC1. The zero-order valence-electron chi connectivity index (χ0n) is 18.9. The molecule has 3 aromatic carbocycles. The molecule has 0 N–H and O–H groups in total. The number of benzene rings is 3. The average molecular weight is 497 g/mol. The van der Waals surface area contributed by atoms with Gasteiger partial charge in [0.2, 0.25) is 5.91 Å². The molecule has 0 aromatic heterocycles. The van der Waals surface area contributed by atoms with Gasteiger partial charge in [-0.25, -0.2) is 0 Å². The number of para-hydroxylation sites is 2. The van der Waals surface area contributed by atoms with Crippen molar-refractivity contribution in [1.82, 2.24) is 4.90 Å². The number of piperazine rings is 1. The molecule has 0 bridgehead atoms. The molecule has 3 aromatic rings. The summed E-state index contributed by atoms with van der Waals surface area (Å²) in [7, 11) is 1.68. The Hall–Kier alpha value is -3.15. The van der Waals surface area contributed by atoms with E-state index in [2.05, 4.69) is 4.90 Å². The van der Waals surface area contributed by atoms with Crippen LogP contribution in [0.5, 0.6) is 11.5 Å². The number of anilines is 1. The van der Waals surface area contributed by atoms with Gasteiger partial charge in [0.1, 0.15) is 18.1 Å². The molecule has 0 radical (unpaired) electrons. The van der Waals surface area contributed by atoms with E-state index < -0.39 is 0 Å². The molecule has 1 amide bonds. The maximum atomic E-state index is 12.7. The van der Waals surface area contributed by atoms with Gasteiger partial charge in [0.15, 0.2) is 0 Å². The van der Waals surface area contributed by atoms with Gasteiger partial charge in [-0.1, -0.05) is 53.5 Å². The normalized spacial score (nSPS) is 13.9. The van der Waals surface area contributed by atoms with Gasteiger partial charge in [-0.05, 0) is 48.0 Å². The number of rotatable bonds is 7. The van der Waals surface area contributed by atoms with Crippen LogP contribution in [0.2, 0.25) is 10.0 Å². The van der Waals surface area contributed by atoms with Gasteiger partial charge in [-0.15, -0.1) is 0 Å². The molecular weight excluding hydrogens is 471 g/mol. The highest BCUT2D eigenvalue weighted by atomic mass is 35.5. The van der Waals surface area contributed by atoms with Crippen LogP contribution in [0.1, 0.15) is 11.1 Å². The summed E-state index contributed by atoms with van der Waals surface area (Å²) < 4.78 is 11.3. The topological polar surface area (TPSA) is 42.0 Å². The fraction of sp³-hybridized carbons (Fsp3) is 0.222. The van der Waals surface area contributed by atoms with Gasteiger partial charge in [0.25, 0.3) is 0 Å². The lowest BCUT2D eigenvalue weighted by Gasteiger charge is -2.36. The lowest BCUT2D eigenvalue weighted by molar-refractivity contribution is -0.126. The highest BCUT2D eigenvalue weighted by molar-refractivity contribution is 6.35. The largest absolute Gasteiger partial charge is 0.495 e. The Bertz CT molecular complexity index is 1160. The Kier molecular flexibility index (Phi) is 7.99. The predicted octanol–water partition coefficient (Wildman–Crippen LogP) is 5.94. The molecule has 7 heteroatoms. The maximum Gasteiger partial charge on any atom is 0.246 e. The Morgan fingerprint density at radius 1 is 0.971 bits per heavy atom. The van der Waals surface area contributed by atoms with E-state index in [0.29, 0.717) is 29.7 Å². The van der Waals surface area contributed by atoms with E-state index in [1.165, 1.54) is 0 Å². The summed E-state index contributed by atoms with van der Waals surface area (Å²) in [6, 6.07) is 20.9. The van der Waals surface area contributed by atoms with Crippen molar-refractivity contribution < 1.29 is 14.3 Å². The molecule has 0 spiro atoms. The number of carbonyl (C=O) groups is 1. The van der Waals surface area contributed by atoms with Gasteiger partial charge in [-0.2, -0.15) is 0 Å². The number of carbonyl (C=O) groups excluding carboxylic acids is 1. The van der Waals surface area contributed by atoms with Gasteiger partial charge < -0.3 is 19.3 Å². The maximum absolute atomic E-state index is 12.7. The second-order valence-corrected chi connectivity index (χ2v) is 8.75. The van der Waals surface area contributed by atoms with Crippen LogP contribution >= 0.6 is 23.2 Å². The lowest BCUT2D eigenvalue weighted by Crippen LogP contribution is -2.48. The van der Waals surface area contributed by atoms with Gasteiger partial charge in [-0.3, -0.25) is 4.79 Å². The summed E-state index contributed by atoms with van der Waals surface area (Å²) in [6.45, 7) is 3.22. The quantitative estimate of drug-likeness (QED) is 0.379. The van der Waals surface area contributed by atoms with Gasteiger partial charge >= 0.3 is 0 Å². The first-order valence-electron chi connectivity index (χ1n) is 11.1. The molecule has 1 aliphatic rings. The number of nitrogens with zero attached hydrogens (tertiary/aromatic N) is 2. The molecule has 1 fully saturated rings. The Labute approximate surface area is 210 Å². The molecule has 4 rings (SSSR count). The van der Waals surface area contributed by atoms with Crippen LogP contribution in [0.3, 0.4) is 0 Å². The second kappa shape index (κ2) is 11.3. The van der Waals surface area contributed by atoms with E-state index in [1.54, 1.807) is 25.3 Å². The summed E-state index contributed by atoms with van der Waals surface area (Å²) in [5, 5.41) is 1.17. The van der Waals surface area contributed by atoms with Gasteiger partial charge in [0.05, 0.1) is 12.8 Å². The predicted molar refractivity (Wildman–Crippen MR) is 138 cm³/mol. The molecule has 1 aliphatic heterocycles. The van der Waals surface area contributed by atoms with Crippen molar-refractivity contribution in [3.05, 3.63) is 94.0 Å². The number of hydrogen-bond acceptors (Lipinski definition) is 4. The van der Waals surface area contributed by atoms with E-state index in [9.17, 15) is 4.79 Å². The molecule has 5 nitrogen and oxygen atoms in total. The summed E-state index contributed by atoms with van der Waals surface area (Å²) in [5.41, 5.74) is 2.86. The summed E-state index contributed by atoms with van der Waals surface area (Å²) in [4.78, 5) is 16.8. The molecule has 1 saturated heterocycles. The van der Waals surface area contributed by atoms with Crippen molar-refractivity contribution in [3.63, 3.8) is 0 Å². The first-order chi connectivity index (χ1) is 16.5. The third kappa shape index (κ3) is 6.04. The van der Waals surface area contributed by atoms with Crippen molar-refractivity contribution in [1.29, 1.82) is 0 Å². The summed E-state index contributed by atoms with van der Waals surface area (Å²) in [5.74, 6) is 1.59. The van der Waals surface area contributed by atoms with Crippen LogP contribution in [0.25, 0.3) is 6.08 Å². The molecular formula is C27H26Cl2N2O3. The minimum absolute atomic E-state index is 0.0115. The van der Waals surface area contributed by atoms with Crippen molar-refractivity contribution in [2.75, 3.05) is 38.2 Å². The van der Waals surface area contributed by atoms with Crippen molar-refractivity contribution >= 4 is 40.9 Å². The fourth-order valence-electron chi connectivity index (χ4n) is 3.81. The van der Waals surface area contributed by atoms with Crippen LogP contribution in [0.4, 0.5) is 5.69 Å². The molecule has 0 atom stereocenters. The molecule has 1 heterocycles. The first kappa shape index (κ1) is 24.0. The zero-order valence-corrected chi connectivity index (χ0v) is 20.4. The molecule has 176 valence electrons. The van der Waals surface area contributed by atoms with E-state index in [0.717, 1.165) is 41.4 Å². The number of ether oxygens (including phenoxy) is 2.